The quantitative estimate of drug-likeness (QED) is 0.314. The van der Waals surface area contributed by atoms with E-state index in [1.807, 2.05) is 23.5 Å². The molecular weight excluding hydrogens is 322 g/mol. The first kappa shape index (κ1) is 15.9. The van der Waals surface area contributed by atoms with E-state index in [9.17, 15) is 0 Å². The van der Waals surface area contributed by atoms with Crippen LogP contribution < -0.4 is 0 Å². The normalized spacial score (nSPS) is 11.8. The molecule has 0 radical (unpaired) electrons. The van der Waals surface area contributed by atoms with Crippen molar-refractivity contribution in [1.29, 1.82) is 0 Å². The molecule has 4 aromatic rings. The minimum atomic E-state index is 0.123. The number of nitrogens with zero attached hydrogens (tertiary/aromatic N) is 1. The summed E-state index contributed by atoms with van der Waals surface area (Å²) in [7, 11) is 0. The number of hydrogen-bond donors (Lipinski definition) is 0. The monoisotopic (exact) mass is 341 g/mol. The number of thiophene rings is 1. The molecule has 0 aliphatic rings. The Morgan fingerprint density at radius 3 is 2.28 bits per heavy atom. The van der Waals surface area contributed by atoms with Gasteiger partial charge in [-0.25, -0.2) is 4.85 Å². The highest BCUT2D eigenvalue weighted by molar-refractivity contribution is 7.26. The lowest BCUT2D eigenvalue weighted by Crippen LogP contribution is -2.10. The van der Waals surface area contributed by atoms with Crippen molar-refractivity contribution in [3.05, 3.63) is 77.6 Å². The summed E-state index contributed by atoms with van der Waals surface area (Å²) in [5.41, 5.74) is 4.62. The molecule has 0 saturated heterocycles. The Kier molecular flexibility index (Phi) is 3.63. The van der Waals surface area contributed by atoms with Crippen molar-refractivity contribution in [1.82, 2.24) is 0 Å². The fourth-order valence-corrected chi connectivity index (χ4v) is 4.85. The second-order valence-electron chi connectivity index (χ2n) is 7.37. The summed E-state index contributed by atoms with van der Waals surface area (Å²) in [6, 6.07) is 21.1. The minimum absolute atomic E-state index is 0.123. The van der Waals surface area contributed by atoms with Crippen molar-refractivity contribution in [3.63, 3.8) is 0 Å². The van der Waals surface area contributed by atoms with Crippen LogP contribution in [0.25, 0.3) is 36.1 Å². The maximum absolute atomic E-state index is 7.14. The third kappa shape index (κ3) is 2.62. The van der Waals surface area contributed by atoms with Crippen LogP contribution in [0.3, 0.4) is 0 Å². The Hall–Kier alpha value is -2.63. The van der Waals surface area contributed by atoms with Gasteiger partial charge in [-0.15, -0.1) is 11.3 Å². The van der Waals surface area contributed by atoms with Crippen LogP contribution in [0, 0.1) is 6.57 Å². The number of hydrogen-bond acceptors (Lipinski definition) is 1. The van der Waals surface area contributed by atoms with E-state index in [0.717, 1.165) is 0 Å². The molecular formula is C23H19NS. The Morgan fingerprint density at radius 1 is 0.880 bits per heavy atom. The standard InChI is InChI=1S/C23H19NS/c1-23(2,3)19-9-5-8-18-21-17(7-6-10-20(21)25-22(18)19)15-11-13-16(24-4)14-12-15/h5-14H,1-3H3. The van der Waals surface area contributed by atoms with E-state index in [0.29, 0.717) is 5.69 Å². The Bertz CT molecular complexity index is 1120. The highest BCUT2D eigenvalue weighted by atomic mass is 32.1. The summed E-state index contributed by atoms with van der Waals surface area (Å²) < 4.78 is 2.70. The van der Waals surface area contributed by atoms with Gasteiger partial charge in [0.1, 0.15) is 0 Å². The molecule has 0 amide bonds. The Labute approximate surface area is 152 Å². The summed E-state index contributed by atoms with van der Waals surface area (Å²) in [5.74, 6) is 0. The maximum atomic E-state index is 7.14. The van der Waals surface area contributed by atoms with Gasteiger partial charge in [-0.05, 0) is 28.2 Å². The molecule has 1 heterocycles. The van der Waals surface area contributed by atoms with Crippen LogP contribution in [-0.2, 0) is 5.41 Å². The van der Waals surface area contributed by atoms with E-state index in [-0.39, 0.29) is 5.41 Å². The molecule has 1 aromatic heterocycles. The number of rotatable bonds is 1. The second-order valence-corrected chi connectivity index (χ2v) is 8.42. The van der Waals surface area contributed by atoms with Crippen molar-refractivity contribution in [2.45, 2.75) is 26.2 Å². The highest BCUT2D eigenvalue weighted by Gasteiger charge is 2.20. The van der Waals surface area contributed by atoms with Gasteiger partial charge in [0.15, 0.2) is 5.69 Å². The summed E-state index contributed by atoms with van der Waals surface area (Å²) in [4.78, 5) is 3.50. The lowest BCUT2D eigenvalue weighted by atomic mass is 9.86. The molecule has 0 aliphatic heterocycles. The Balaban J connectivity index is 2.05. The molecule has 1 nitrogen and oxygen atoms in total. The fourth-order valence-electron chi connectivity index (χ4n) is 3.39. The zero-order chi connectivity index (χ0) is 17.6. The fraction of sp³-hybridized carbons (Fsp3) is 0.174. The third-order valence-electron chi connectivity index (χ3n) is 4.64. The zero-order valence-electron chi connectivity index (χ0n) is 14.6. The molecule has 0 fully saturated rings. The summed E-state index contributed by atoms with van der Waals surface area (Å²) >= 11 is 1.88. The smallest absolute Gasteiger partial charge is 0.187 e. The number of fused-ring (bicyclic) bond motifs is 3. The van der Waals surface area contributed by atoms with Crippen molar-refractivity contribution in [2.75, 3.05) is 0 Å². The van der Waals surface area contributed by atoms with E-state index in [2.05, 4.69) is 74.1 Å². The summed E-state index contributed by atoms with van der Waals surface area (Å²) in [5, 5.41) is 2.65. The summed E-state index contributed by atoms with van der Waals surface area (Å²) in [6.45, 7) is 14.0. The average molecular weight is 341 g/mol. The van der Waals surface area contributed by atoms with Gasteiger partial charge in [0, 0.05) is 20.2 Å². The molecule has 0 unspecified atom stereocenters. The van der Waals surface area contributed by atoms with E-state index in [4.69, 9.17) is 6.57 Å². The lowest BCUT2D eigenvalue weighted by molar-refractivity contribution is 0.597. The molecule has 0 bridgehead atoms. The van der Waals surface area contributed by atoms with E-state index < -0.39 is 0 Å². The van der Waals surface area contributed by atoms with Gasteiger partial charge >= 0.3 is 0 Å². The van der Waals surface area contributed by atoms with Gasteiger partial charge in [-0.1, -0.05) is 75.4 Å². The topological polar surface area (TPSA) is 4.36 Å². The maximum Gasteiger partial charge on any atom is 0.187 e. The molecule has 0 saturated carbocycles. The molecule has 3 aromatic carbocycles. The van der Waals surface area contributed by atoms with Crippen LogP contribution in [-0.4, -0.2) is 0 Å². The zero-order valence-corrected chi connectivity index (χ0v) is 15.4. The molecule has 25 heavy (non-hydrogen) atoms. The molecule has 0 aliphatic carbocycles. The van der Waals surface area contributed by atoms with Crippen molar-refractivity contribution in [3.8, 4) is 11.1 Å². The second kappa shape index (κ2) is 5.72. The predicted molar refractivity (Wildman–Crippen MR) is 110 cm³/mol. The molecule has 0 N–H and O–H groups in total. The highest BCUT2D eigenvalue weighted by Crippen LogP contribution is 2.43. The first-order valence-corrected chi connectivity index (χ1v) is 9.23. The van der Waals surface area contributed by atoms with Crippen LogP contribution in [0.2, 0.25) is 0 Å². The number of benzene rings is 3. The van der Waals surface area contributed by atoms with E-state index in [1.54, 1.807) is 0 Å². The van der Waals surface area contributed by atoms with E-state index in [1.165, 1.54) is 36.9 Å². The lowest BCUT2D eigenvalue weighted by Gasteiger charge is -2.19. The van der Waals surface area contributed by atoms with E-state index >= 15 is 0 Å². The minimum Gasteiger partial charge on any atom is -0.238 e. The van der Waals surface area contributed by atoms with Crippen LogP contribution in [0.4, 0.5) is 5.69 Å². The summed E-state index contributed by atoms with van der Waals surface area (Å²) in [6.07, 6.45) is 0. The van der Waals surface area contributed by atoms with Gasteiger partial charge in [0.2, 0.25) is 0 Å². The first-order valence-electron chi connectivity index (χ1n) is 8.41. The predicted octanol–water partition coefficient (Wildman–Crippen LogP) is 7.57. The van der Waals surface area contributed by atoms with Gasteiger partial charge in [0.05, 0.1) is 6.57 Å². The molecule has 0 spiro atoms. The molecule has 0 atom stereocenters. The van der Waals surface area contributed by atoms with Crippen LogP contribution >= 0.6 is 11.3 Å². The third-order valence-corrected chi connectivity index (χ3v) is 5.84. The largest absolute Gasteiger partial charge is 0.238 e. The SMILES string of the molecule is [C-]#[N+]c1ccc(-c2cccc3sc4c(C(C)(C)C)cccc4c23)cc1. The van der Waals surface area contributed by atoms with Gasteiger partial charge in [0.25, 0.3) is 0 Å². The first-order chi connectivity index (χ1) is 12.0. The van der Waals surface area contributed by atoms with Crippen LogP contribution in [0.1, 0.15) is 26.3 Å². The van der Waals surface area contributed by atoms with Gasteiger partial charge < -0.3 is 0 Å². The van der Waals surface area contributed by atoms with Gasteiger partial charge in [-0.3, -0.25) is 0 Å². The molecule has 4 rings (SSSR count). The van der Waals surface area contributed by atoms with Crippen molar-refractivity contribution >= 4 is 37.2 Å². The van der Waals surface area contributed by atoms with Crippen LogP contribution in [0.15, 0.2) is 60.7 Å². The van der Waals surface area contributed by atoms with Crippen molar-refractivity contribution < 1.29 is 0 Å². The van der Waals surface area contributed by atoms with Crippen LogP contribution in [0.5, 0.6) is 0 Å². The Morgan fingerprint density at radius 2 is 1.60 bits per heavy atom. The van der Waals surface area contributed by atoms with Crippen molar-refractivity contribution in [2.24, 2.45) is 0 Å². The molecule has 122 valence electrons. The molecule has 2 heteroatoms. The van der Waals surface area contributed by atoms with Gasteiger partial charge in [-0.2, -0.15) is 0 Å². The average Bonchev–Trinajstić information content (AvgIpc) is 2.99.